The maximum Gasteiger partial charge on any atom is 0.0972 e. The Labute approximate surface area is 154 Å². The Bertz CT molecular complexity index is 844. The summed E-state index contributed by atoms with van der Waals surface area (Å²) in [5, 5.41) is 14.8. The predicted octanol–water partition coefficient (Wildman–Crippen LogP) is 3.88. The lowest BCUT2D eigenvalue weighted by Gasteiger charge is -2.35. The minimum absolute atomic E-state index is 0.165. The smallest absolute Gasteiger partial charge is 0.0972 e. The van der Waals surface area contributed by atoms with E-state index >= 15 is 0 Å². The third-order valence-corrected chi connectivity index (χ3v) is 5.22. The van der Waals surface area contributed by atoms with Crippen LogP contribution in [0.5, 0.6) is 0 Å². The Morgan fingerprint density at radius 2 is 1.73 bits per heavy atom. The Morgan fingerprint density at radius 1 is 1.04 bits per heavy atom. The number of rotatable bonds is 4. The molecular formula is C22H25N3O. The predicted molar refractivity (Wildman–Crippen MR) is 104 cm³/mol. The van der Waals surface area contributed by atoms with E-state index in [0.717, 1.165) is 42.9 Å². The highest BCUT2D eigenvalue weighted by molar-refractivity contribution is 5.63. The molecular weight excluding hydrogens is 322 g/mol. The Hall–Kier alpha value is -2.43. The van der Waals surface area contributed by atoms with E-state index in [1.165, 1.54) is 5.56 Å². The Morgan fingerprint density at radius 3 is 2.42 bits per heavy atom. The molecule has 2 atom stereocenters. The normalized spacial score (nSPS) is 21.0. The van der Waals surface area contributed by atoms with Crippen LogP contribution in [0.15, 0.2) is 66.9 Å². The summed E-state index contributed by atoms with van der Waals surface area (Å²) >= 11 is 0. The molecule has 0 saturated carbocycles. The van der Waals surface area contributed by atoms with E-state index in [0.29, 0.717) is 6.04 Å². The lowest BCUT2D eigenvalue weighted by molar-refractivity contribution is 0.0442. The van der Waals surface area contributed by atoms with Crippen LogP contribution in [-0.4, -0.2) is 38.5 Å². The molecule has 4 heteroatoms. The van der Waals surface area contributed by atoms with Gasteiger partial charge in [0.15, 0.2) is 0 Å². The van der Waals surface area contributed by atoms with Gasteiger partial charge in [-0.1, -0.05) is 48.5 Å². The number of aliphatic hydroxyl groups is 1. The van der Waals surface area contributed by atoms with Gasteiger partial charge in [0.25, 0.3) is 0 Å². The standard InChI is InChI=1S/C22H25N3O/c1-17-14-21(26)12-13-24(17)15-19-16-25(20-10-6-3-7-11-20)23-22(19)18-8-4-2-5-9-18/h2-11,16-17,21,26H,12-15H2,1H3/t17-,21+/m0/s1. The summed E-state index contributed by atoms with van der Waals surface area (Å²) in [5.74, 6) is 0. The molecule has 3 aromatic rings. The van der Waals surface area contributed by atoms with Gasteiger partial charge in [-0.25, -0.2) is 4.68 Å². The largest absolute Gasteiger partial charge is 0.393 e. The Kier molecular flexibility index (Phi) is 4.87. The molecule has 4 nitrogen and oxygen atoms in total. The molecule has 0 spiro atoms. The number of hydrogen-bond acceptors (Lipinski definition) is 3. The van der Waals surface area contributed by atoms with E-state index in [1.54, 1.807) is 0 Å². The van der Waals surface area contributed by atoms with E-state index in [1.807, 2.05) is 28.9 Å². The second-order valence-corrected chi connectivity index (χ2v) is 7.15. The van der Waals surface area contributed by atoms with Gasteiger partial charge in [-0.05, 0) is 31.9 Å². The van der Waals surface area contributed by atoms with Gasteiger partial charge in [-0.3, -0.25) is 4.90 Å². The summed E-state index contributed by atoms with van der Waals surface area (Å²) < 4.78 is 1.97. The van der Waals surface area contributed by atoms with Crippen molar-refractivity contribution < 1.29 is 5.11 Å². The summed E-state index contributed by atoms with van der Waals surface area (Å²) in [6.45, 7) is 3.98. The van der Waals surface area contributed by atoms with Gasteiger partial charge in [0.2, 0.25) is 0 Å². The number of aliphatic hydroxyl groups excluding tert-OH is 1. The summed E-state index contributed by atoms with van der Waals surface area (Å²) in [7, 11) is 0. The highest BCUT2D eigenvalue weighted by Crippen LogP contribution is 2.27. The zero-order valence-corrected chi connectivity index (χ0v) is 15.1. The number of benzene rings is 2. The number of aromatic nitrogens is 2. The first kappa shape index (κ1) is 17.0. The van der Waals surface area contributed by atoms with Crippen LogP contribution in [0.4, 0.5) is 0 Å². The molecule has 1 aliphatic heterocycles. The van der Waals surface area contributed by atoms with Gasteiger partial charge in [0, 0.05) is 36.5 Å². The fraction of sp³-hybridized carbons (Fsp3) is 0.318. The van der Waals surface area contributed by atoms with Crippen LogP contribution in [0.25, 0.3) is 16.9 Å². The molecule has 1 N–H and O–H groups in total. The van der Waals surface area contributed by atoms with Crippen LogP contribution in [0.2, 0.25) is 0 Å². The highest BCUT2D eigenvalue weighted by Gasteiger charge is 2.25. The topological polar surface area (TPSA) is 41.3 Å². The van der Waals surface area contributed by atoms with Crippen molar-refractivity contribution in [2.45, 2.75) is 38.5 Å². The maximum atomic E-state index is 9.91. The van der Waals surface area contributed by atoms with Crippen molar-refractivity contribution >= 4 is 0 Å². The molecule has 1 aromatic heterocycles. The maximum absolute atomic E-state index is 9.91. The number of likely N-dealkylation sites (tertiary alicyclic amines) is 1. The fourth-order valence-corrected chi connectivity index (χ4v) is 3.73. The first-order valence-electron chi connectivity index (χ1n) is 9.32. The molecule has 4 rings (SSSR count). The van der Waals surface area contributed by atoms with Gasteiger partial charge >= 0.3 is 0 Å². The summed E-state index contributed by atoms with van der Waals surface area (Å²) in [6.07, 6.45) is 3.67. The van der Waals surface area contributed by atoms with Crippen molar-refractivity contribution in [3.05, 3.63) is 72.4 Å². The zero-order chi connectivity index (χ0) is 17.9. The first-order chi connectivity index (χ1) is 12.7. The number of nitrogens with zero attached hydrogens (tertiary/aromatic N) is 3. The van der Waals surface area contributed by atoms with Crippen LogP contribution in [0.1, 0.15) is 25.3 Å². The SMILES string of the molecule is C[C@H]1C[C@H](O)CCN1Cc1cn(-c2ccccc2)nc1-c1ccccc1. The monoisotopic (exact) mass is 347 g/mol. The van der Waals surface area contributed by atoms with Crippen molar-refractivity contribution in [2.75, 3.05) is 6.54 Å². The number of para-hydroxylation sites is 1. The van der Waals surface area contributed by atoms with Crippen molar-refractivity contribution in [3.63, 3.8) is 0 Å². The third kappa shape index (κ3) is 3.57. The van der Waals surface area contributed by atoms with E-state index in [9.17, 15) is 5.11 Å². The summed E-state index contributed by atoms with van der Waals surface area (Å²) in [5.41, 5.74) is 4.47. The number of piperidine rings is 1. The van der Waals surface area contributed by atoms with Crippen molar-refractivity contribution in [1.29, 1.82) is 0 Å². The molecule has 0 unspecified atom stereocenters. The van der Waals surface area contributed by atoms with Gasteiger partial charge < -0.3 is 5.11 Å². The average molecular weight is 347 g/mol. The van der Waals surface area contributed by atoms with Gasteiger partial charge in [-0.2, -0.15) is 5.10 Å². The van der Waals surface area contributed by atoms with Gasteiger partial charge in [0.1, 0.15) is 0 Å². The van der Waals surface area contributed by atoms with Gasteiger partial charge in [-0.15, -0.1) is 0 Å². The molecule has 1 saturated heterocycles. The van der Waals surface area contributed by atoms with Crippen LogP contribution in [-0.2, 0) is 6.54 Å². The second kappa shape index (κ2) is 7.44. The lowest BCUT2D eigenvalue weighted by Crippen LogP contribution is -2.42. The summed E-state index contributed by atoms with van der Waals surface area (Å²) in [6, 6.07) is 21.0. The average Bonchev–Trinajstić information content (AvgIpc) is 3.09. The van der Waals surface area contributed by atoms with Crippen molar-refractivity contribution in [2.24, 2.45) is 0 Å². The molecule has 1 fully saturated rings. The molecule has 0 radical (unpaired) electrons. The summed E-state index contributed by atoms with van der Waals surface area (Å²) in [4.78, 5) is 2.45. The molecule has 2 aromatic carbocycles. The quantitative estimate of drug-likeness (QED) is 0.779. The minimum Gasteiger partial charge on any atom is -0.393 e. The third-order valence-electron chi connectivity index (χ3n) is 5.22. The molecule has 0 amide bonds. The zero-order valence-electron chi connectivity index (χ0n) is 15.1. The van der Waals surface area contributed by atoms with Crippen molar-refractivity contribution in [3.8, 4) is 16.9 Å². The van der Waals surface area contributed by atoms with Gasteiger partial charge in [0.05, 0.1) is 17.5 Å². The fourth-order valence-electron chi connectivity index (χ4n) is 3.73. The molecule has 0 aliphatic carbocycles. The molecule has 134 valence electrons. The van der Waals surface area contributed by atoms with E-state index in [2.05, 4.69) is 54.4 Å². The molecule has 26 heavy (non-hydrogen) atoms. The second-order valence-electron chi connectivity index (χ2n) is 7.15. The Balaban J connectivity index is 1.69. The first-order valence-corrected chi connectivity index (χ1v) is 9.32. The van der Waals surface area contributed by atoms with Crippen LogP contribution < -0.4 is 0 Å². The van der Waals surface area contributed by atoms with Crippen LogP contribution in [0.3, 0.4) is 0 Å². The minimum atomic E-state index is -0.165. The van der Waals surface area contributed by atoms with Crippen molar-refractivity contribution in [1.82, 2.24) is 14.7 Å². The highest BCUT2D eigenvalue weighted by atomic mass is 16.3. The molecule has 1 aliphatic rings. The van der Waals surface area contributed by atoms with E-state index in [4.69, 9.17) is 5.10 Å². The van der Waals surface area contributed by atoms with Crippen LogP contribution >= 0.6 is 0 Å². The van der Waals surface area contributed by atoms with Crippen LogP contribution in [0, 0.1) is 0 Å². The number of hydrogen-bond donors (Lipinski definition) is 1. The molecule has 2 heterocycles. The lowest BCUT2D eigenvalue weighted by atomic mass is 9.99. The van der Waals surface area contributed by atoms with E-state index < -0.39 is 0 Å². The molecule has 0 bridgehead atoms. The van der Waals surface area contributed by atoms with E-state index in [-0.39, 0.29) is 6.10 Å².